The van der Waals surface area contributed by atoms with E-state index < -0.39 is 5.92 Å². The van der Waals surface area contributed by atoms with Gasteiger partial charge in [0.15, 0.2) is 0 Å². The van der Waals surface area contributed by atoms with Gasteiger partial charge in [-0.3, -0.25) is 0 Å². The zero-order valence-electron chi connectivity index (χ0n) is 17.7. The van der Waals surface area contributed by atoms with Crippen LogP contribution in [-0.4, -0.2) is 18.1 Å². The maximum Gasteiger partial charge on any atom is 0.248 e. The number of alkyl halides is 2. The predicted octanol–water partition coefficient (Wildman–Crippen LogP) is 6.79. The summed E-state index contributed by atoms with van der Waals surface area (Å²) in [6.45, 7) is 8.80. The molecular formula is C23H42F2O. The van der Waals surface area contributed by atoms with Crippen molar-refractivity contribution < 1.29 is 13.9 Å². The van der Waals surface area contributed by atoms with Gasteiger partial charge < -0.3 is 5.11 Å². The molecule has 0 bridgehead atoms. The largest absolute Gasteiger partial charge is 0.400 e. The third-order valence-corrected chi connectivity index (χ3v) is 8.15. The van der Waals surface area contributed by atoms with Gasteiger partial charge in [-0.15, -0.1) is 0 Å². The number of hydrogen-bond donors (Lipinski definition) is 1. The first-order valence-corrected chi connectivity index (χ1v) is 11.3. The van der Waals surface area contributed by atoms with Crippen molar-refractivity contribution in [3.63, 3.8) is 0 Å². The summed E-state index contributed by atoms with van der Waals surface area (Å²) in [6.07, 6.45) is 9.14. The van der Waals surface area contributed by atoms with E-state index in [1.807, 2.05) is 13.8 Å². The van der Waals surface area contributed by atoms with Gasteiger partial charge in [-0.2, -0.15) is 0 Å². The standard InChI is InChI=1S/C20H32F2.C2H6.CH4O/c1-12(2)14-5-6-19-16(14)7-8-17-15-9-10-20(21,22)11-13(15)3-4-18(17)19;2*1-2/h12-19H,3-11H2,1-2H3;1-2H3;2H,1H3/t13-,14?,15?,16?,17?,18?,19+;;/m0../s1. The van der Waals surface area contributed by atoms with Gasteiger partial charge in [0.25, 0.3) is 0 Å². The third-order valence-electron chi connectivity index (χ3n) is 8.15. The molecule has 0 aromatic carbocycles. The number of aliphatic hydroxyl groups excluding tert-OH is 1. The zero-order valence-corrected chi connectivity index (χ0v) is 17.7. The smallest absolute Gasteiger partial charge is 0.248 e. The lowest BCUT2D eigenvalue weighted by Gasteiger charge is -2.53. The van der Waals surface area contributed by atoms with Crippen LogP contribution in [-0.2, 0) is 0 Å². The van der Waals surface area contributed by atoms with E-state index in [-0.39, 0.29) is 12.8 Å². The summed E-state index contributed by atoms with van der Waals surface area (Å²) < 4.78 is 27.5. The second kappa shape index (κ2) is 9.34. The monoisotopic (exact) mass is 372 g/mol. The Hall–Kier alpha value is -0.180. The maximum absolute atomic E-state index is 13.8. The molecule has 4 fully saturated rings. The summed E-state index contributed by atoms with van der Waals surface area (Å²) in [6, 6.07) is 0. The predicted molar refractivity (Wildman–Crippen MR) is 105 cm³/mol. The minimum atomic E-state index is -2.36. The molecule has 7 atom stereocenters. The summed E-state index contributed by atoms with van der Waals surface area (Å²) >= 11 is 0. The van der Waals surface area contributed by atoms with Crippen LogP contribution in [0.5, 0.6) is 0 Å². The van der Waals surface area contributed by atoms with Gasteiger partial charge in [0, 0.05) is 20.0 Å². The maximum atomic E-state index is 13.8. The fourth-order valence-electron chi connectivity index (χ4n) is 7.33. The minimum Gasteiger partial charge on any atom is -0.400 e. The fourth-order valence-corrected chi connectivity index (χ4v) is 7.33. The van der Waals surface area contributed by atoms with Crippen molar-refractivity contribution in [2.24, 2.45) is 47.3 Å². The van der Waals surface area contributed by atoms with E-state index in [0.717, 1.165) is 55.5 Å². The minimum absolute atomic E-state index is 0.167. The van der Waals surface area contributed by atoms with Crippen LogP contribution in [0.2, 0.25) is 0 Å². The molecule has 0 radical (unpaired) electrons. The molecule has 1 nitrogen and oxygen atoms in total. The Morgan fingerprint density at radius 1 is 0.731 bits per heavy atom. The molecule has 4 aliphatic carbocycles. The SMILES string of the molecule is CC.CC(C)C1CC[C@@H]2C1CCC1C3CCC(F)(F)C[C@@H]3CCC12.CO. The van der Waals surface area contributed by atoms with Crippen LogP contribution in [0, 0.1) is 47.3 Å². The Balaban J connectivity index is 0.000000570. The van der Waals surface area contributed by atoms with E-state index in [0.29, 0.717) is 11.8 Å². The molecule has 0 aromatic heterocycles. The molecule has 154 valence electrons. The number of rotatable bonds is 1. The Labute approximate surface area is 160 Å². The molecule has 0 saturated heterocycles. The van der Waals surface area contributed by atoms with E-state index in [9.17, 15) is 8.78 Å². The van der Waals surface area contributed by atoms with Crippen molar-refractivity contribution in [3.05, 3.63) is 0 Å². The summed E-state index contributed by atoms with van der Waals surface area (Å²) in [5.74, 6) is 3.97. The molecule has 5 unspecified atom stereocenters. The number of aliphatic hydroxyl groups is 1. The number of fused-ring (bicyclic) bond motifs is 5. The molecule has 4 saturated carbocycles. The topological polar surface area (TPSA) is 20.2 Å². The van der Waals surface area contributed by atoms with Crippen molar-refractivity contribution in [1.82, 2.24) is 0 Å². The van der Waals surface area contributed by atoms with Crippen LogP contribution >= 0.6 is 0 Å². The average molecular weight is 373 g/mol. The molecule has 0 aromatic rings. The van der Waals surface area contributed by atoms with Crippen LogP contribution in [0.25, 0.3) is 0 Å². The zero-order chi connectivity index (χ0) is 19.5. The lowest BCUT2D eigenvalue weighted by molar-refractivity contribution is -0.112. The van der Waals surface area contributed by atoms with Gasteiger partial charge >= 0.3 is 0 Å². The second-order valence-electron chi connectivity index (χ2n) is 9.32. The molecule has 0 aliphatic heterocycles. The first kappa shape index (κ1) is 22.1. The van der Waals surface area contributed by atoms with E-state index >= 15 is 0 Å². The molecule has 4 rings (SSSR count). The van der Waals surface area contributed by atoms with Crippen LogP contribution in [0.4, 0.5) is 8.78 Å². The summed E-state index contributed by atoms with van der Waals surface area (Å²) in [5, 5.41) is 7.00. The Kier molecular flexibility index (Phi) is 7.95. The van der Waals surface area contributed by atoms with Crippen LogP contribution in [0.3, 0.4) is 0 Å². The van der Waals surface area contributed by atoms with Gasteiger partial charge in [-0.05, 0) is 92.3 Å². The van der Waals surface area contributed by atoms with Gasteiger partial charge in [0.05, 0.1) is 0 Å². The van der Waals surface area contributed by atoms with Crippen LogP contribution in [0.1, 0.15) is 85.5 Å². The summed E-state index contributed by atoms with van der Waals surface area (Å²) in [5.41, 5.74) is 0. The van der Waals surface area contributed by atoms with Gasteiger partial charge in [-0.1, -0.05) is 27.7 Å². The summed E-state index contributed by atoms with van der Waals surface area (Å²) in [7, 11) is 1.00. The molecular weight excluding hydrogens is 330 g/mol. The van der Waals surface area contributed by atoms with Crippen LogP contribution < -0.4 is 0 Å². The van der Waals surface area contributed by atoms with E-state index in [1.54, 1.807) is 0 Å². The molecule has 3 heteroatoms. The quantitative estimate of drug-likeness (QED) is 0.537. The average Bonchev–Trinajstić information content (AvgIpc) is 3.08. The highest BCUT2D eigenvalue weighted by Gasteiger charge is 2.53. The van der Waals surface area contributed by atoms with Crippen molar-refractivity contribution in [2.45, 2.75) is 91.4 Å². The lowest BCUT2D eigenvalue weighted by Crippen LogP contribution is -2.47. The third kappa shape index (κ3) is 4.28. The first-order valence-electron chi connectivity index (χ1n) is 11.3. The Morgan fingerprint density at radius 2 is 1.23 bits per heavy atom. The van der Waals surface area contributed by atoms with Gasteiger partial charge in [-0.25, -0.2) is 8.78 Å². The van der Waals surface area contributed by atoms with Crippen molar-refractivity contribution in [3.8, 4) is 0 Å². The molecule has 26 heavy (non-hydrogen) atoms. The molecule has 0 amide bonds. The molecule has 0 heterocycles. The molecule has 4 aliphatic rings. The first-order chi connectivity index (χ1) is 12.5. The second-order valence-corrected chi connectivity index (χ2v) is 9.32. The Bertz CT molecular complexity index is 420. The highest BCUT2D eigenvalue weighted by Crippen LogP contribution is 2.61. The summed E-state index contributed by atoms with van der Waals surface area (Å²) in [4.78, 5) is 0. The van der Waals surface area contributed by atoms with Crippen molar-refractivity contribution in [1.29, 1.82) is 0 Å². The van der Waals surface area contributed by atoms with E-state index in [1.165, 1.54) is 32.1 Å². The van der Waals surface area contributed by atoms with E-state index in [2.05, 4.69) is 13.8 Å². The highest BCUT2D eigenvalue weighted by atomic mass is 19.3. The van der Waals surface area contributed by atoms with Gasteiger partial charge in [0.2, 0.25) is 5.92 Å². The van der Waals surface area contributed by atoms with Crippen LogP contribution in [0.15, 0.2) is 0 Å². The molecule has 1 N–H and O–H groups in total. The highest BCUT2D eigenvalue weighted by molar-refractivity contribution is 5.02. The van der Waals surface area contributed by atoms with Gasteiger partial charge in [0.1, 0.15) is 0 Å². The van der Waals surface area contributed by atoms with Crippen molar-refractivity contribution >= 4 is 0 Å². The number of hydrogen-bond acceptors (Lipinski definition) is 1. The normalized spacial score (nSPS) is 43.0. The van der Waals surface area contributed by atoms with E-state index in [4.69, 9.17) is 5.11 Å². The molecule has 0 spiro atoms. The Morgan fingerprint density at radius 3 is 1.88 bits per heavy atom. The lowest BCUT2D eigenvalue weighted by atomic mass is 9.53. The van der Waals surface area contributed by atoms with Crippen molar-refractivity contribution in [2.75, 3.05) is 7.11 Å². The number of halogens is 2. The fraction of sp³-hybridized carbons (Fsp3) is 1.00.